The molecule has 1 unspecified atom stereocenters. The number of phenolic OH excluding ortho intramolecular Hbond substituents is 1. The van der Waals surface area contributed by atoms with Crippen molar-refractivity contribution in [2.75, 3.05) is 25.5 Å². The van der Waals surface area contributed by atoms with E-state index in [4.69, 9.17) is 0 Å². The van der Waals surface area contributed by atoms with Crippen molar-refractivity contribution in [1.82, 2.24) is 20.0 Å². The number of aromatic hydroxyl groups is 1. The summed E-state index contributed by atoms with van der Waals surface area (Å²) in [6.45, 7) is 1.09. The number of anilines is 1. The Labute approximate surface area is 170 Å². The van der Waals surface area contributed by atoms with Crippen LogP contribution in [-0.2, 0) is 16.6 Å². The van der Waals surface area contributed by atoms with Gasteiger partial charge in [-0.2, -0.15) is 5.10 Å². The number of nitrogens with one attached hydrogen (secondary N) is 2. The molecule has 2 heterocycles. The summed E-state index contributed by atoms with van der Waals surface area (Å²) in [5.41, 5.74) is 1.49. The maximum atomic E-state index is 12.8. The number of nitrogens with zero attached hydrogens (tertiary/aromatic N) is 3. The van der Waals surface area contributed by atoms with Crippen molar-refractivity contribution >= 4 is 29.9 Å². The first-order valence-electron chi connectivity index (χ1n) is 9.02. The average molecular weight is 408 g/mol. The van der Waals surface area contributed by atoms with Crippen molar-refractivity contribution in [2.45, 2.75) is 18.9 Å². The molecule has 0 aliphatic carbocycles. The number of benzene rings is 1. The fraction of sp³-hybridized carbons (Fsp3) is 0.421. The van der Waals surface area contributed by atoms with E-state index >= 15 is 0 Å². The van der Waals surface area contributed by atoms with Crippen LogP contribution in [0.25, 0.3) is 0 Å². The quantitative estimate of drug-likeness (QED) is 0.655. The highest BCUT2D eigenvalue weighted by molar-refractivity contribution is 5.93. The number of carbonyl (C=O) groups is 2. The predicted octanol–water partition coefficient (Wildman–Crippen LogP) is 1.69. The first-order valence-corrected chi connectivity index (χ1v) is 9.02. The SMILES string of the molecule is CNC(C(=O)N1CCC(C(=O)Nc2ccc(O)cc2)CC1)c1cnn(C)c1.Cl. The molecule has 2 aromatic rings. The molecule has 1 aromatic carbocycles. The van der Waals surface area contributed by atoms with Crippen LogP contribution in [0.4, 0.5) is 5.69 Å². The molecule has 0 radical (unpaired) electrons. The number of aromatic nitrogens is 2. The molecule has 28 heavy (non-hydrogen) atoms. The third-order valence-electron chi connectivity index (χ3n) is 4.91. The number of likely N-dealkylation sites (N-methyl/N-ethyl adjacent to an activating group) is 1. The van der Waals surface area contributed by atoms with Gasteiger partial charge < -0.3 is 20.6 Å². The zero-order valence-corrected chi connectivity index (χ0v) is 16.8. The van der Waals surface area contributed by atoms with Gasteiger partial charge in [-0.15, -0.1) is 12.4 Å². The van der Waals surface area contributed by atoms with Crippen LogP contribution in [-0.4, -0.2) is 51.7 Å². The number of likely N-dealkylation sites (tertiary alicyclic amines) is 1. The van der Waals surface area contributed by atoms with E-state index in [2.05, 4.69) is 15.7 Å². The molecule has 1 aliphatic heterocycles. The average Bonchev–Trinajstić information content (AvgIpc) is 3.10. The van der Waals surface area contributed by atoms with Gasteiger partial charge in [0.2, 0.25) is 11.8 Å². The monoisotopic (exact) mass is 407 g/mol. The Bertz CT molecular complexity index is 800. The van der Waals surface area contributed by atoms with Crippen molar-refractivity contribution in [2.24, 2.45) is 13.0 Å². The number of hydrogen-bond acceptors (Lipinski definition) is 5. The Kier molecular flexibility index (Phi) is 7.42. The number of carbonyl (C=O) groups excluding carboxylic acids is 2. The first kappa shape index (κ1) is 21.7. The molecule has 8 nitrogen and oxygen atoms in total. The van der Waals surface area contributed by atoms with Crippen LogP contribution in [0.5, 0.6) is 5.75 Å². The largest absolute Gasteiger partial charge is 0.508 e. The van der Waals surface area contributed by atoms with Gasteiger partial charge in [-0.3, -0.25) is 14.3 Å². The summed E-state index contributed by atoms with van der Waals surface area (Å²) in [6.07, 6.45) is 4.77. The summed E-state index contributed by atoms with van der Waals surface area (Å²) in [7, 11) is 3.58. The van der Waals surface area contributed by atoms with Crippen LogP contribution in [0.2, 0.25) is 0 Å². The van der Waals surface area contributed by atoms with E-state index < -0.39 is 6.04 Å². The van der Waals surface area contributed by atoms with E-state index in [9.17, 15) is 14.7 Å². The lowest BCUT2D eigenvalue weighted by Crippen LogP contribution is -2.45. The van der Waals surface area contributed by atoms with Gasteiger partial charge in [0.1, 0.15) is 11.8 Å². The molecule has 1 aromatic heterocycles. The Hall–Kier alpha value is -2.58. The molecule has 1 atom stereocenters. The lowest BCUT2D eigenvalue weighted by Gasteiger charge is -2.33. The van der Waals surface area contributed by atoms with Crippen molar-refractivity contribution < 1.29 is 14.7 Å². The number of aryl methyl sites for hydroxylation is 1. The summed E-state index contributed by atoms with van der Waals surface area (Å²) >= 11 is 0. The van der Waals surface area contributed by atoms with Crippen LogP contribution in [0, 0.1) is 5.92 Å². The number of halogens is 1. The van der Waals surface area contributed by atoms with E-state index in [1.54, 1.807) is 35.0 Å². The molecule has 1 fully saturated rings. The molecular formula is C19H26ClN5O3. The summed E-state index contributed by atoms with van der Waals surface area (Å²) in [6, 6.07) is 5.97. The summed E-state index contributed by atoms with van der Waals surface area (Å²) < 4.78 is 1.67. The van der Waals surface area contributed by atoms with E-state index in [0.717, 1.165) is 5.56 Å². The van der Waals surface area contributed by atoms with Crippen LogP contribution < -0.4 is 10.6 Å². The standard InChI is InChI=1S/C19H25N5O3.ClH/c1-20-17(14-11-21-23(2)12-14)19(27)24-9-7-13(8-10-24)18(26)22-15-3-5-16(25)6-4-15;/h3-6,11-13,17,20,25H,7-10H2,1-2H3,(H,22,26);1H. The van der Waals surface area contributed by atoms with Gasteiger partial charge in [-0.1, -0.05) is 0 Å². The molecule has 3 rings (SSSR count). The predicted molar refractivity (Wildman–Crippen MR) is 108 cm³/mol. The number of phenols is 1. The second-order valence-electron chi connectivity index (χ2n) is 6.80. The highest BCUT2D eigenvalue weighted by Crippen LogP contribution is 2.23. The van der Waals surface area contributed by atoms with E-state index in [1.165, 1.54) is 12.1 Å². The minimum absolute atomic E-state index is 0. The van der Waals surface area contributed by atoms with Gasteiger partial charge in [0, 0.05) is 43.5 Å². The molecule has 1 saturated heterocycles. The molecule has 3 N–H and O–H groups in total. The fourth-order valence-corrected chi connectivity index (χ4v) is 3.36. The molecule has 9 heteroatoms. The Morgan fingerprint density at radius 2 is 1.86 bits per heavy atom. The summed E-state index contributed by atoms with van der Waals surface area (Å²) in [4.78, 5) is 27.1. The highest BCUT2D eigenvalue weighted by atomic mass is 35.5. The smallest absolute Gasteiger partial charge is 0.244 e. The molecular weight excluding hydrogens is 382 g/mol. The van der Waals surface area contributed by atoms with Gasteiger partial charge >= 0.3 is 0 Å². The van der Waals surface area contributed by atoms with Gasteiger partial charge in [-0.05, 0) is 44.2 Å². The van der Waals surface area contributed by atoms with E-state index in [0.29, 0.717) is 31.6 Å². The Morgan fingerprint density at radius 1 is 1.21 bits per heavy atom. The van der Waals surface area contributed by atoms with E-state index in [-0.39, 0.29) is 35.9 Å². The fourth-order valence-electron chi connectivity index (χ4n) is 3.36. The highest BCUT2D eigenvalue weighted by Gasteiger charge is 2.31. The third-order valence-corrected chi connectivity index (χ3v) is 4.91. The Balaban J connectivity index is 0.00000280. The van der Waals surface area contributed by atoms with Gasteiger partial charge in [0.05, 0.1) is 6.20 Å². The van der Waals surface area contributed by atoms with Gasteiger partial charge in [0.25, 0.3) is 0 Å². The van der Waals surface area contributed by atoms with E-state index in [1.807, 2.05) is 13.2 Å². The van der Waals surface area contributed by atoms with Gasteiger partial charge in [0.15, 0.2) is 0 Å². The van der Waals surface area contributed by atoms with Gasteiger partial charge in [-0.25, -0.2) is 0 Å². The second kappa shape index (κ2) is 9.57. The first-order chi connectivity index (χ1) is 13.0. The normalized spacial score (nSPS) is 15.6. The summed E-state index contributed by atoms with van der Waals surface area (Å²) in [5.74, 6) is -0.0186. The maximum Gasteiger partial charge on any atom is 0.244 e. The van der Waals surface area contributed by atoms with Crippen LogP contribution in [0.1, 0.15) is 24.4 Å². The number of amides is 2. The molecule has 0 spiro atoms. The van der Waals surface area contributed by atoms with Crippen LogP contribution >= 0.6 is 12.4 Å². The topological polar surface area (TPSA) is 99.5 Å². The van der Waals surface area contributed by atoms with Crippen molar-refractivity contribution in [3.05, 3.63) is 42.2 Å². The molecule has 0 bridgehead atoms. The van der Waals surface area contributed by atoms with Crippen molar-refractivity contribution in [3.63, 3.8) is 0 Å². The number of rotatable bonds is 5. The molecule has 1 aliphatic rings. The lowest BCUT2D eigenvalue weighted by atomic mass is 9.95. The van der Waals surface area contributed by atoms with Crippen molar-refractivity contribution in [1.29, 1.82) is 0 Å². The third kappa shape index (κ3) is 5.02. The minimum atomic E-state index is -0.430. The zero-order valence-electron chi connectivity index (χ0n) is 16.0. The van der Waals surface area contributed by atoms with Crippen LogP contribution in [0.3, 0.4) is 0 Å². The van der Waals surface area contributed by atoms with Crippen LogP contribution in [0.15, 0.2) is 36.7 Å². The minimum Gasteiger partial charge on any atom is -0.508 e. The number of piperidine rings is 1. The molecule has 2 amide bonds. The zero-order chi connectivity index (χ0) is 19.4. The molecule has 152 valence electrons. The Morgan fingerprint density at radius 3 is 2.39 bits per heavy atom. The second-order valence-corrected chi connectivity index (χ2v) is 6.80. The maximum absolute atomic E-state index is 12.8. The van der Waals surface area contributed by atoms with Crippen molar-refractivity contribution in [3.8, 4) is 5.75 Å². The lowest BCUT2D eigenvalue weighted by molar-refractivity contribution is -0.136. The summed E-state index contributed by atoms with van der Waals surface area (Å²) in [5, 5.41) is 19.4. The molecule has 0 saturated carbocycles. The number of hydrogen-bond donors (Lipinski definition) is 3.